The van der Waals surface area contributed by atoms with Crippen molar-refractivity contribution in [3.63, 3.8) is 0 Å². The van der Waals surface area contributed by atoms with Gasteiger partial charge in [0.25, 0.3) is 0 Å². The van der Waals surface area contributed by atoms with Gasteiger partial charge in [-0.2, -0.15) is 0 Å². The minimum atomic E-state index is -3.19. The van der Waals surface area contributed by atoms with Crippen LogP contribution in [0.1, 0.15) is 44.6 Å². The number of piperidine rings is 1. The largest absolute Gasteiger partial charge is 0.312 e. The van der Waals surface area contributed by atoms with Crippen LogP contribution >= 0.6 is 0 Å². The Labute approximate surface area is 128 Å². The second-order valence-corrected chi connectivity index (χ2v) is 7.91. The average molecular weight is 310 g/mol. The van der Waals surface area contributed by atoms with Gasteiger partial charge in [-0.25, -0.2) is 8.42 Å². The van der Waals surface area contributed by atoms with Crippen LogP contribution in [-0.4, -0.2) is 26.8 Å². The van der Waals surface area contributed by atoms with E-state index in [0.717, 1.165) is 6.42 Å². The third-order valence-electron chi connectivity index (χ3n) is 3.99. The van der Waals surface area contributed by atoms with Crippen molar-refractivity contribution >= 4 is 15.7 Å². The molecule has 2 rings (SSSR count). The fraction of sp³-hybridized carbons (Fsp3) is 0.625. The highest BCUT2D eigenvalue weighted by Gasteiger charge is 2.16. The molecule has 21 heavy (non-hydrogen) atoms. The highest BCUT2D eigenvalue weighted by molar-refractivity contribution is 7.92. The molecule has 1 saturated heterocycles. The molecule has 1 aromatic carbocycles. The molecule has 4 nitrogen and oxygen atoms in total. The van der Waals surface area contributed by atoms with Gasteiger partial charge in [0, 0.05) is 17.8 Å². The highest BCUT2D eigenvalue weighted by atomic mass is 32.2. The SMILES string of the molecule is CC1CCCC(CCCc2ccc(NS(C)(=O)=O)cc2)N1. The quantitative estimate of drug-likeness (QED) is 0.849. The molecule has 1 heterocycles. The van der Waals surface area contributed by atoms with Gasteiger partial charge in [0.05, 0.1) is 6.26 Å². The van der Waals surface area contributed by atoms with E-state index >= 15 is 0 Å². The molecule has 0 aliphatic carbocycles. The molecule has 2 N–H and O–H groups in total. The van der Waals surface area contributed by atoms with Crippen molar-refractivity contribution < 1.29 is 8.42 Å². The van der Waals surface area contributed by atoms with Crippen LogP contribution in [0.3, 0.4) is 0 Å². The van der Waals surface area contributed by atoms with E-state index < -0.39 is 10.0 Å². The maximum absolute atomic E-state index is 11.1. The van der Waals surface area contributed by atoms with Gasteiger partial charge >= 0.3 is 0 Å². The van der Waals surface area contributed by atoms with E-state index in [1.165, 1.54) is 43.9 Å². The Morgan fingerprint density at radius 2 is 1.95 bits per heavy atom. The van der Waals surface area contributed by atoms with E-state index in [1.807, 2.05) is 24.3 Å². The zero-order chi connectivity index (χ0) is 15.3. The Morgan fingerprint density at radius 3 is 2.57 bits per heavy atom. The van der Waals surface area contributed by atoms with Crippen molar-refractivity contribution in [1.29, 1.82) is 0 Å². The average Bonchev–Trinajstić information content (AvgIpc) is 2.39. The first-order chi connectivity index (χ1) is 9.92. The van der Waals surface area contributed by atoms with Crippen LogP contribution in [0.2, 0.25) is 0 Å². The normalized spacial score (nSPS) is 23.0. The van der Waals surface area contributed by atoms with E-state index in [9.17, 15) is 8.42 Å². The Hall–Kier alpha value is -1.07. The maximum atomic E-state index is 11.1. The summed E-state index contributed by atoms with van der Waals surface area (Å²) in [6.45, 7) is 2.26. The van der Waals surface area contributed by atoms with Gasteiger partial charge in [0.15, 0.2) is 0 Å². The van der Waals surface area contributed by atoms with Crippen LogP contribution in [0.4, 0.5) is 5.69 Å². The van der Waals surface area contributed by atoms with Gasteiger partial charge in [-0.15, -0.1) is 0 Å². The number of nitrogens with one attached hydrogen (secondary N) is 2. The van der Waals surface area contributed by atoms with Crippen molar-refractivity contribution in [1.82, 2.24) is 5.32 Å². The molecule has 0 radical (unpaired) electrons. The summed E-state index contributed by atoms with van der Waals surface area (Å²) in [6.07, 6.45) is 8.53. The van der Waals surface area contributed by atoms with Crippen molar-refractivity contribution in [3.8, 4) is 0 Å². The zero-order valence-corrected chi connectivity index (χ0v) is 13.7. The van der Waals surface area contributed by atoms with E-state index in [1.54, 1.807) is 0 Å². The number of rotatable bonds is 6. The zero-order valence-electron chi connectivity index (χ0n) is 12.9. The van der Waals surface area contributed by atoms with Gasteiger partial charge in [0.1, 0.15) is 0 Å². The topological polar surface area (TPSA) is 58.2 Å². The van der Waals surface area contributed by atoms with E-state index in [-0.39, 0.29) is 0 Å². The van der Waals surface area contributed by atoms with Crippen molar-refractivity contribution in [2.45, 2.75) is 57.5 Å². The summed E-state index contributed by atoms with van der Waals surface area (Å²) in [5.41, 5.74) is 1.89. The highest BCUT2D eigenvalue weighted by Crippen LogP contribution is 2.18. The lowest BCUT2D eigenvalue weighted by atomic mass is 9.95. The predicted octanol–water partition coefficient (Wildman–Crippen LogP) is 2.91. The second-order valence-electron chi connectivity index (χ2n) is 6.16. The first-order valence-electron chi connectivity index (χ1n) is 7.75. The minimum absolute atomic E-state index is 0.629. The minimum Gasteiger partial charge on any atom is -0.312 e. The van der Waals surface area contributed by atoms with Crippen LogP contribution in [-0.2, 0) is 16.4 Å². The fourth-order valence-corrected chi connectivity index (χ4v) is 3.54. The number of sulfonamides is 1. The Kier molecular flexibility index (Phi) is 5.65. The summed E-state index contributed by atoms with van der Waals surface area (Å²) in [5.74, 6) is 0. The molecule has 0 spiro atoms. The molecule has 1 aromatic rings. The Balaban J connectivity index is 1.76. The summed E-state index contributed by atoms with van der Waals surface area (Å²) in [7, 11) is -3.19. The number of benzene rings is 1. The van der Waals surface area contributed by atoms with Crippen LogP contribution < -0.4 is 10.0 Å². The lowest BCUT2D eigenvalue weighted by Crippen LogP contribution is -2.40. The molecular weight excluding hydrogens is 284 g/mol. The van der Waals surface area contributed by atoms with Crippen LogP contribution in [0.15, 0.2) is 24.3 Å². The first kappa shape index (κ1) is 16.3. The Morgan fingerprint density at radius 1 is 1.24 bits per heavy atom. The molecule has 1 fully saturated rings. The molecule has 0 bridgehead atoms. The van der Waals surface area contributed by atoms with Gasteiger partial charge in [-0.3, -0.25) is 4.72 Å². The monoisotopic (exact) mass is 310 g/mol. The van der Waals surface area contributed by atoms with E-state index in [2.05, 4.69) is 17.0 Å². The smallest absolute Gasteiger partial charge is 0.229 e. The maximum Gasteiger partial charge on any atom is 0.229 e. The molecule has 0 amide bonds. The van der Waals surface area contributed by atoms with E-state index in [4.69, 9.17) is 0 Å². The van der Waals surface area contributed by atoms with Crippen LogP contribution in [0.5, 0.6) is 0 Å². The summed E-state index contributed by atoms with van der Waals surface area (Å²) in [6, 6.07) is 8.99. The standard InChI is InChI=1S/C16H26N2O2S/c1-13-5-3-7-15(17-13)8-4-6-14-9-11-16(12-10-14)18-21(2,19)20/h9-13,15,17-18H,3-8H2,1-2H3. The molecular formula is C16H26N2O2S. The lowest BCUT2D eigenvalue weighted by Gasteiger charge is -2.28. The summed E-state index contributed by atoms with van der Waals surface area (Å²) < 4.78 is 24.8. The lowest BCUT2D eigenvalue weighted by molar-refractivity contribution is 0.317. The second kappa shape index (κ2) is 7.27. The van der Waals surface area contributed by atoms with Crippen molar-refractivity contribution in [2.75, 3.05) is 11.0 Å². The molecule has 0 aromatic heterocycles. The Bertz CT molecular complexity index is 540. The third-order valence-corrected chi connectivity index (χ3v) is 4.59. The van der Waals surface area contributed by atoms with Gasteiger partial charge in [0.2, 0.25) is 10.0 Å². The summed E-state index contributed by atoms with van der Waals surface area (Å²) in [4.78, 5) is 0. The fourth-order valence-electron chi connectivity index (χ4n) is 2.97. The molecule has 5 heteroatoms. The van der Waals surface area contributed by atoms with E-state index in [0.29, 0.717) is 17.8 Å². The first-order valence-corrected chi connectivity index (χ1v) is 9.64. The number of hydrogen-bond donors (Lipinski definition) is 2. The molecule has 118 valence electrons. The number of anilines is 1. The van der Waals surface area contributed by atoms with Crippen LogP contribution in [0.25, 0.3) is 0 Å². The van der Waals surface area contributed by atoms with Crippen molar-refractivity contribution in [2.24, 2.45) is 0 Å². The van der Waals surface area contributed by atoms with Gasteiger partial charge in [-0.1, -0.05) is 18.6 Å². The number of hydrogen-bond acceptors (Lipinski definition) is 3. The molecule has 0 saturated carbocycles. The summed E-state index contributed by atoms with van der Waals surface area (Å²) >= 11 is 0. The molecule has 1 aliphatic heterocycles. The van der Waals surface area contributed by atoms with Gasteiger partial charge < -0.3 is 5.32 Å². The molecule has 2 atom stereocenters. The van der Waals surface area contributed by atoms with Gasteiger partial charge in [-0.05, 0) is 56.7 Å². The van der Waals surface area contributed by atoms with Crippen LogP contribution in [0, 0.1) is 0 Å². The molecule has 2 unspecified atom stereocenters. The summed E-state index contributed by atoms with van der Waals surface area (Å²) in [5, 5.41) is 3.66. The molecule has 1 aliphatic rings. The third kappa shape index (κ3) is 6.06. The van der Waals surface area contributed by atoms with Crippen molar-refractivity contribution in [3.05, 3.63) is 29.8 Å². The predicted molar refractivity (Wildman–Crippen MR) is 88.1 cm³/mol. The number of aryl methyl sites for hydroxylation is 1.